The van der Waals surface area contributed by atoms with Gasteiger partial charge in [-0.05, 0) is 23.8 Å². The Morgan fingerprint density at radius 2 is 1.78 bits per heavy atom. The fourth-order valence-electron chi connectivity index (χ4n) is 2.99. The molecule has 0 radical (unpaired) electrons. The molecule has 2 nitrogen and oxygen atoms in total. The van der Waals surface area contributed by atoms with Gasteiger partial charge in [-0.2, -0.15) is 11.8 Å². The molecule has 0 spiro atoms. The molecule has 3 rings (SSSR count). The zero-order valence-corrected chi connectivity index (χ0v) is 15.0. The topological polar surface area (TPSA) is 20.3 Å². The van der Waals surface area contributed by atoms with Crippen LogP contribution in [0.2, 0.25) is 10.0 Å². The number of thioether (sulfide) groups is 1. The van der Waals surface area contributed by atoms with Crippen molar-refractivity contribution in [2.45, 2.75) is 18.2 Å². The van der Waals surface area contributed by atoms with E-state index in [2.05, 4.69) is 19.1 Å². The molecule has 1 amide bonds. The molecule has 2 aromatic rings. The van der Waals surface area contributed by atoms with Crippen LogP contribution in [0.5, 0.6) is 0 Å². The van der Waals surface area contributed by atoms with Crippen LogP contribution in [0.3, 0.4) is 0 Å². The first-order valence-corrected chi connectivity index (χ1v) is 9.30. The third-order valence-electron chi connectivity index (χ3n) is 4.00. The molecule has 23 heavy (non-hydrogen) atoms. The van der Waals surface area contributed by atoms with Crippen LogP contribution in [0.1, 0.15) is 28.9 Å². The molecule has 0 aliphatic carbocycles. The van der Waals surface area contributed by atoms with Gasteiger partial charge in [0.1, 0.15) is 0 Å². The lowest BCUT2D eigenvalue weighted by molar-refractivity contribution is 0.0681. The highest BCUT2D eigenvalue weighted by Gasteiger charge is 2.34. The first kappa shape index (κ1) is 16.7. The first-order chi connectivity index (χ1) is 11.1. The lowest BCUT2D eigenvalue weighted by Crippen LogP contribution is -2.44. The largest absolute Gasteiger partial charge is 0.330 e. The van der Waals surface area contributed by atoms with E-state index in [1.54, 1.807) is 18.2 Å². The molecule has 0 N–H and O–H groups in total. The van der Waals surface area contributed by atoms with Crippen molar-refractivity contribution in [1.29, 1.82) is 0 Å². The summed E-state index contributed by atoms with van der Waals surface area (Å²) in [6, 6.07) is 15.3. The van der Waals surface area contributed by atoms with E-state index in [9.17, 15) is 4.79 Å². The van der Waals surface area contributed by atoms with Gasteiger partial charge in [-0.1, -0.05) is 60.5 Å². The zero-order chi connectivity index (χ0) is 16.4. The number of hydrogen-bond acceptors (Lipinski definition) is 2. The summed E-state index contributed by atoms with van der Waals surface area (Å²) in [5.41, 5.74) is 1.70. The fraction of sp³-hybridized carbons (Fsp3) is 0.278. The van der Waals surface area contributed by atoms with E-state index in [1.165, 1.54) is 0 Å². The van der Waals surface area contributed by atoms with Gasteiger partial charge in [0.25, 0.3) is 5.91 Å². The predicted molar refractivity (Wildman–Crippen MR) is 98.6 cm³/mol. The fourth-order valence-corrected chi connectivity index (χ4v) is 4.68. The molecule has 1 aliphatic rings. The average Bonchev–Trinajstić information content (AvgIpc) is 2.54. The van der Waals surface area contributed by atoms with Crippen molar-refractivity contribution in [3.05, 3.63) is 69.7 Å². The van der Waals surface area contributed by atoms with Gasteiger partial charge in [0, 0.05) is 33.2 Å². The second kappa shape index (κ2) is 7.16. The summed E-state index contributed by atoms with van der Waals surface area (Å²) in [6.45, 7) is 2.89. The summed E-state index contributed by atoms with van der Waals surface area (Å²) in [5, 5.41) is 1.30. The third kappa shape index (κ3) is 3.68. The Labute approximate surface area is 150 Å². The Kier molecular flexibility index (Phi) is 5.20. The van der Waals surface area contributed by atoms with Crippen molar-refractivity contribution in [3.63, 3.8) is 0 Å². The molecule has 0 aromatic heterocycles. The van der Waals surface area contributed by atoms with Gasteiger partial charge in [-0.3, -0.25) is 4.79 Å². The Hall–Kier alpha value is -1.16. The van der Waals surface area contributed by atoms with Gasteiger partial charge >= 0.3 is 0 Å². The lowest BCUT2D eigenvalue weighted by atomic mass is 10.0. The number of halogens is 2. The molecule has 5 heteroatoms. The van der Waals surface area contributed by atoms with Crippen LogP contribution in [-0.2, 0) is 0 Å². The number of nitrogens with zero attached hydrogens (tertiary/aromatic N) is 1. The molecule has 2 aromatic carbocycles. The number of hydrogen-bond donors (Lipinski definition) is 0. The number of amides is 1. The summed E-state index contributed by atoms with van der Waals surface area (Å²) >= 11 is 14.0. The van der Waals surface area contributed by atoms with Crippen LogP contribution in [0.15, 0.2) is 48.5 Å². The standard InChI is InChI=1S/C18H17Cl2NOS/c1-12-17(13-5-3-2-4-6-13)21(7-8-23-12)18(22)14-9-15(19)11-16(20)10-14/h2-6,9-12,17H,7-8H2,1H3. The van der Waals surface area contributed by atoms with Crippen LogP contribution in [0.25, 0.3) is 0 Å². The van der Waals surface area contributed by atoms with E-state index in [1.807, 2.05) is 34.9 Å². The van der Waals surface area contributed by atoms with Crippen LogP contribution >= 0.6 is 35.0 Å². The molecule has 1 fully saturated rings. The molecule has 2 atom stereocenters. The second-order valence-corrected chi connectivity index (χ2v) is 7.95. The zero-order valence-electron chi connectivity index (χ0n) is 12.7. The summed E-state index contributed by atoms with van der Waals surface area (Å²) < 4.78 is 0. The van der Waals surface area contributed by atoms with E-state index in [0.29, 0.717) is 20.9 Å². The Balaban J connectivity index is 1.96. The molecule has 0 bridgehead atoms. The molecule has 1 aliphatic heterocycles. The van der Waals surface area contributed by atoms with Crippen molar-refractivity contribution in [2.75, 3.05) is 12.3 Å². The van der Waals surface area contributed by atoms with E-state index < -0.39 is 0 Å². The minimum absolute atomic E-state index is 0.0181. The summed E-state index contributed by atoms with van der Waals surface area (Å²) in [5.74, 6) is 0.917. The second-order valence-electron chi connectivity index (χ2n) is 5.59. The van der Waals surface area contributed by atoms with Crippen molar-refractivity contribution < 1.29 is 4.79 Å². The Morgan fingerprint density at radius 3 is 2.43 bits per heavy atom. The van der Waals surface area contributed by atoms with Crippen molar-refractivity contribution in [2.24, 2.45) is 0 Å². The maximum atomic E-state index is 13.0. The van der Waals surface area contributed by atoms with Crippen LogP contribution in [0, 0.1) is 0 Å². The molecule has 2 unspecified atom stereocenters. The molecule has 1 saturated heterocycles. The Bertz CT molecular complexity index is 687. The predicted octanol–water partition coefficient (Wildman–Crippen LogP) is 5.31. The quantitative estimate of drug-likeness (QED) is 0.718. The molecule has 0 saturated carbocycles. The minimum atomic E-state index is -0.0181. The Morgan fingerprint density at radius 1 is 1.13 bits per heavy atom. The highest BCUT2D eigenvalue weighted by Crippen LogP contribution is 2.37. The lowest BCUT2D eigenvalue weighted by Gasteiger charge is -2.40. The first-order valence-electron chi connectivity index (χ1n) is 7.50. The smallest absolute Gasteiger partial charge is 0.254 e. The van der Waals surface area contributed by atoms with Crippen molar-refractivity contribution >= 4 is 40.9 Å². The monoisotopic (exact) mass is 365 g/mol. The van der Waals surface area contributed by atoms with Gasteiger partial charge in [-0.15, -0.1) is 0 Å². The third-order valence-corrected chi connectivity index (χ3v) is 5.64. The summed E-state index contributed by atoms with van der Waals surface area (Å²) in [7, 11) is 0. The summed E-state index contributed by atoms with van der Waals surface area (Å²) in [4.78, 5) is 15.0. The average molecular weight is 366 g/mol. The minimum Gasteiger partial charge on any atom is -0.330 e. The molecule has 120 valence electrons. The van der Waals surface area contributed by atoms with E-state index in [0.717, 1.165) is 17.9 Å². The molecular formula is C18H17Cl2NOS. The maximum Gasteiger partial charge on any atom is 0.254 e. The maximum absolute atomic E-state index is 13.0. The number of carbonyl (C=O) groups excluding carboxylic acids is 1. The van der Waals surface area contributed by atoms with Gasteiger partial charge in [0.15, 0.2) is 0 Å². The molecule has 1 heterocycles. The van der Waals surface area contributed by atoms with E-state index in [-0.39, 0.29) is 11.9 Å². The SMILES string of the molecule is CC1SCCN(C(=O)c2cc(Cl)cc(Cl)c2)C1c1ccccc1. The van der Waals surface area contributed by atoms with Crippen molar-refractivity contribution in [1.82, 2.24) is 4.90 Å². The van der Waals surface area contributed by atoms with Gasteiger partial charge in [-0.25, -0.2) is 0 Å². The van der Waals surface area contributed by atoms with Gasteiger partial charge in [0.05, 0.1) is 6.04 Å². The number of rotatable bonds is 2. The van der Waals surface area contributed by atoms with Gasteiger partial charge < -0.3 is 4.90 Å². The van der Waals surface area contributed by atoms with Crippen LogP contribution in [-0.4, -0.2) is 28.4 Å². The van der Waals surface area contributed by atoms with E-state index >= 15 is 0 Å². The normalized spacial score (nSPS) is 21.3. The highest BCUT2D eigenvalue weighted by molar-refractivity contribution is 8.00. The van der Waals surface area contributed by atoms with E-state index in [4.69, 9.17) is 23.2 Å². The summed E-state index contributed by atoms with van der Waals surface area (Å²) in [6.07, 6.45) is 0. The van der Waals surface area contributed by atoms with Gasteiger partial charge in [0.2, 0.25) is 0 Å². The number of benzene rings is 2. The van der Waals surface area contributed by atoms with Crippen LogP contribution < -0.4 is 0 Å². The van der Waals surface area contributed by atoms with Crippen molar-refractivity contribution in [3.8, 4) is 0 Å². The highest BCUT2D eigenvalue weighted by atomic mass is 35.5. The number of carbonyl (C=O) groups is 1. The van der Waals surface area contributed by atoms with Crippen LogP contribution in [0.4, 0.5) is 0 Å². The molecular weight excluding hydrogens is 349 g/mol.